The summed E-state index contributed by atoms with van der Waals surface area (Å²) in [7, 11) is 0. The fourth-order valence-electron chi connectivity index (χ4n) is 3.62. The van der Waals surface area contributed by atoms with Crippen molar-refractivity contribution in [2.24, 2.45) is 0 Å². The molecule has 0 radical (unpaired) electrons. The van der Waals surface area contributed by atoms with Crippen molar-refractivity contribution in [1.82, 2.24) is 4.98 Å². The molecule has 0 fully saturated rings. The molecule has 0 aliphatic heterocycles. The zero-order valence-electron chi connectivity index (χ0n) is 18.9. The highest BCUT2D eigenvalue weighted by Gasteiger charge is 2.32. The van der Waals surface area contributed by atoms with E-state index in [2.05, 4.69) is 4.98 Å². The van der Waals surface area contributed by atoms with Crippen LogP contribution in [0.2, 0.25) is 0 Å². The maximum Gasteiger partial charge on any atom is 0.416 e. The number of alkyl halides is 6. The van der Waals surface area contributed by atoms with Crippen molar-refractivity contribution in [3.63, 3.8) is 0 Å². The first-order valence-corrected chi connectivity index (χ1v) is 10.6. The van der Waals surface area contributed by atoms with Crippen molar-refractivity contribution in [2.75, 3.05) is 0 Å². The van der Waals surface area contributed by atoms with Crippen LogP contribution in [-0.4, -0.2) is 9.91 Å². The van der Waals surface area contributed by atoms with E-state index in [1.54, 1.807) is 6.92 Å². The van der Waals surface area contributed by atoms with Crippen LogP contribution in [-0.2, 0) is 19.0 Å². The minimum Gasteiger partial charge on any atom is -0.485 e. The minimum atomic E-state index is -4.66. The number of aryl methyl sites for hydroxylation is 1. The lowest BCUT2D eigenvalue weighted by Crippen LogP contribution is -2.07. The number of halogens is 6. The molecule has 0 spiro atoms. The fraction of sp³-hybridized carbons (Fsp3) is 0.160. The van der Waals surface area contributed by atoms with Crippen molar-refractivity contribution < 1.29 is 40.7 Å². The van der Waals surface area contributed by atoms with Gasteiger partial charge < -0.3 is 9.47 Å². The van der Waals surface area contributed by atoms with Gasteiger partial charge in [-0.3, -0.25) is 10.1 Å². The molecule has 4 rings (SSSR count). The summed E-state index contributed by atoms with van der Waals surface area (Å²) in [5.74, 6) is -0.667. The molecule has 0 unspecified atom stereocenters. The predicted octanol–water partition coefficient (Wildman–Crippen LogP) is 7.86. The number of nitrogens with zero attached hydrogens (tertiary/aromatic N) is 2. The van der Waals surface area contributed by atoms with Gasteiger partial charge in [-0.15, -0.1) is 0 Å². The Morgan fingerprint density at radius 1 is 0.919 bits per heavy atom. The highest BCUT2D eigenvalue weighted by Crippen LogP contribution is 2.45. The Hall–Kier alpha value is -4.35. The molecule has 1 aromatic heterocycles. The lowest BCUT2D eigenvalue weighted by atomic mass is 10.1. The van der Waals surface area contributed by atoms with Gasteiger partial charge in [0.2, 0.25) is 0 Å². The van der Waals surface area contributed by atoms with E-state index in [4.69, 9.17) is 9.47 Å². The van der Waals surface area contributed by atoms with Gasteiger partial charge in [0.05, 0.1) is 27.5 Å². The number of non-ortho nitro benzene ring substituents is 1. The van der Waals surface area contributed by atoms with E-state index in [0.29, 0.717) is 5.56 Å². The Bertz CT molecular complexity index is 1480. The second kappa shape index (κ2) is 9.60. The molecular weight excluding hydrogens is 506 g/mol. The van der Waals surface area contributed by atoms with Crippen molar-refractivity contribution in [1.29, 1.82) is 0 Å². The number of hydrogen-bond donors (Lipinski definition) is 0. The molecule has 3 aromatic carbocycles. The van der Waals surface area contributed by atoms with Crippen LogP contribution >= 0.6 is 0 Å². The number of nitro groups is 1. The standard InChI is InChI=1S/C25H16F6N2O4/c1-14-8-9-32-22-19(33(34)35)12-20(36-13-15-4-2-5-16(10-15)24(26,27)28)23(21(14)22)37-18-7-3-6-17(11-18)25(29,30)31/h2-12H,13H2,1H3. The first-order valence-electron chi connectivity index (χ1n) is 10.6. The largest absolute Gasteiger partial charge is 0.485 e. The van der Waals surface area contributed by atoms with Crippen LogP contribution in [0.15, 0.2) is 66.9 Å². The van der Waals surface area contributed by atoms with Crippen LogP contribution in [0.25, 0.3) is 10.9 Å². The number of fused-ring (bicyclic) bond motifs is 1. The molecule has 192 valence electrons. The van der Waals surface area contributed by atoms with Gasteiger partial charge >= 0.3 is 12.4 Å². The predicted molar refractivity (Wildman–Crippen MR) is 120 cm³/mol. The van der Waals surface area contributed by atoms with E-state index in [0.717, 1.165) is 36.4 Å². The molecule has 0 aliphatic carbocycles. The quantitative estimate of drug-likeness (QED) is 0.146. The third-order valence-electron chi connectivity index (χ3n) is 5.35. The molecule has 0 amide bonds. The topological polar surface area (TPSA) is 74.5 Å². The fourth-order valence-corrected chi connectivity index (χ4v) is 3.62. The van der Waals surface area contributed by atoms with E-state index in [9.17, 15) is 36.5 Å². The molecule has 12 heteroatoms. The highest BCUT2D eigenvalue weighted by atomic mass is 19.4. The molecular formula is C25H16F6N2O4. The van der Waals surface area contributed by atoms with E-state index in [1.165, 1.54) is 30.5 Å². The third kappa shape index (κ3) is 5.57. The van der Waals surface area contributed by atoms with Crippen LogP contribution in [0.4, 0.5) is 32.0 Å². The molecule has 0 saturated carbocycles. The summed E-state index contributed by atoms with van der Waals surface area (Å²) in [4.78, 5) is 15.1. The number of rotatable bonds is 6. The van der Waals surface area contributed by atoms with Gasteiger partial charge in [0.15, 0.2) is 17.0 Å². The Balaban J connectivity index is 1.83. The van der Waals surface area contributed by atoms with Crippen molar-refractivity contribution in [2.45, 2.75) is 25.9 Å². The van der Waals surface area contributed by atoms with Crippen LogP contribution in [0.1, 0.15) is 22.3 Å². The molecule has 0 saturated heterocycles. The number of hydrogen-bond acceptors (Lipinski definition) is 5. The van der Waals surface area contributed by atoms with E-state index in [1.807, 2.05) is 0 Å². The van der Waals surface area contributed by atoms with Crippen LogP contribution in [0, 0.1) is 17.0 Å². The second-order valence-electron chi connectivity index (χ2n) is 7.95. The first-order chi connectivity index (χ1) is 17.3. The Labute approximate surface area is 205 Å². The lowest BCUT2D eigenvalue weighted by molar-refractivity contribution is -0.383. The summed E-state index contributed by atoms with van der Waals surface area (Å²) in [5, 5.41) is 11.9. The SMILES string of the molecule is Cc1ccnc2c([N+](=O)[O-])cc(OCc3cccc(C(F)(F)F)c3)c(Oc3cccc(C(F)(F)F)c3)c12. The normalized spacial score (nSPS) is 12.0. The summed E-state index contributed by atoms with van der Waals surface area (Å²) in [5.41, 5.74) is -1.94. The number of ether oxygens (including phenoxy) is 2. The van der Waals surface area contributed by atoms with E-state index in [-0.39, 0.29) is 33.7 Å². The summed E-state index contributed by atoms with van der Waals surface area (Å²) in [6.07, 6.45) is -7.93. The summed E-state index contributed by atoms with van der Waals surface area (Å²) in [6.45, 7) is 1.15. The van der Waals surface area contributed by atoms with Crippen molar-refractivity contribution >= 4 is 16.6 Å². The van der Waals surface area contributed by atoms with Gasteiger partial charge in [0, 0.05) is 6.20 Å². The zero-order valence-corrected chi connectivity index (χ0v) is 18.9. The monoisotopic (exact) mass is 522 g/mol. The maximum atomic E-state index is 13.2. The summed E-state index contributed by atoms with van der Waals surface area (Å²) >= 11 is 0. The van der Waals surface area contributed by atoms with Crippen molar-refractivity contribution in [3.05, 3.63) is 99.2 Å². The maximum absolute atomic E-state index is 13.2. The van der Waals surface area contributed by atoms with Gasteiger partial charge in [0.25, 0.3) is 5.69 Å². The molecule has 6 nitrogen and oxygen atoms in total. The molecule has 37 heavy (non-hydrogen) atoms. The molecule has 4 aromatic rings. The summed E-state index contributed by atoms with van der Waals surface area (Å²) in [6, 6.07) is 10.7. The van der Waals surface area contributed by atoms with Crippen LogP contribution < -0.4 is 9.47 Å². The molecule has 0 N–H and O–H groups in total. The van der Waals surface area contributed by atoms with Gasteiger partial charge in [-0.25, -0.2) is 4.98 Å². The Kier molecular flexibility index (Phi) is 6.68. The van der Waals surface area contributed by atoms with Crippen LogP contribution in [0.3, 0.4) is 0 Å². The molecule has 0 atom stereocenters. The molecule has 0 bridgehead atoms. The second-order valence-corrected chi connectivity index (χ2v) is 7.95. The lowest BCUT2D eigenvalue weighted by Gasteiger charge is -2.17. The number of benzene rings is 3. The van der Waals surface area contributed by atoms with Gasteiger partial charge in [-0.2, -0.15) is 26.3 Å². The Morgan fingerprint density at radius 2 is 1.57 bits per heavy atom. The smallest absolute Gasteiger partial charge is 0.416 e. The number of pyridine rings is 1. The average Bonchev–Trinajstić information content (AvgIpc) is 2.82. The van der Waals surface area contributed by atoms with Gasteiger partial charge in [-0.05, 0) is 54.4 Å². The first kappa shape index (κ1) is 25.7. The molecule has 1 heterocycles. The van der Waals surface area contributed by atoms with E-state index >= 15 is 0 Å². The van der Waals surface area contributed by atoms with Gasteiger partial charge in [-0.1, -0.05) is 18.2 Å². The van der Waals surface area contributed by atoms with Gasteiger partial charge in [0.1, 0.15) is 12.4 Å². The molecule has 0 aliphatic rings. The third-order valence-corrected chi connectivity index (χ3v) is 5.35. The summed E-state index contributed by atoms with van der Waals surface area (Å²) < 4.78 is 90.4. The average molecular weight is 522 g/mol. The number of aromatic nitrogens is 1. The minimum absolute atomic E-state index is 0.0987. The highest BCUT2D eigenvalue weighted by molar-refractivity contribution is 5.97. The van der Waals surface area contributed by atoms with Crippen LogP contribution in [0.5, 0.6) is 17.2 Å². The Morgan fingerprint density at radius 3 is 2.22 bits per heavy atom. The van der Waals surface area contributed by atoms with E-state index < -0.39 is 40.7 Å². The van der Waals surface area contributed by atoms with Crippen molar-refractivity contribution in [3.8, 4) is 17.2 Å². The number of nitro benzene ring substituents is 1. The zero-order chi connectivity index (χ0) is 27.0.